The van der Waals surface area contributed by atoms with Crippen molar-refractivity contribution in [1.29, 1.82) is 0 Å². The first kappa shape index (κ1) is 9.26. The number of aryl methyl sites for hydroxylation is 1. The molecule has 1 amide bonds. The first-order valence-corrected chi connectivity index (χ1v) is 3.70. The van der Waals surface area contributed by atoms with Gasteiger partial charge in [-0.2, -0.15) is 0 Å². The van der Waals surface area contributed by atoms with E-state index >= 15 is 0 Å². The Labute approximate surface area is 76.3 Å². The Hall–Kier alpha value is -1.83. The highest BCUT2D eigenvalue weighted by atomic mass is 16.2. The van der Waals surface area contributed by atoms with Gasteiger partial charge < -0.3 is 4.90 Å². The fourth-order valence-electron chi connectivity index (χ4n) is 0.888. The average Bonchev–Trinajstić information content (AvgIpc) is 2.50. The van der Waals surface area contributed by atoms with E-state index in [1.807, 2.05) is 0 Å². The zero-order valence-electron chi connectivity index (χ0n) is 7.56. The molecule has 5 nitrogen and oxygen atoms in total. The molecule has 0 atom stereocenters. The third-order valence-electron chi connectivity index (χ3n) is 1.61. The number of hydrogen-bond acceptors (Lipinski definition) is 3. The molecule has 0 saturated carbocycles. The minimum absolute atomic E-state index is 0.176. The van der Waals surface area contributed by atoms with E-state index in [-0.39, 0.29) is 12.5 Å². The standard InChI is InChI=1S/C8H10N4O/c1-4-5-11(2)8(13)7-6-9-10-12(7)3/h1,6H,5H2,2-3H3. The van der Waals surface area contributed by atoms with Gasteiger partial charge in [0.25, 0.3) is 5.91 Å². The number of rotatable bonds is 2. The summed E-state index contributed by atoms with van der Waals surface area (Å²) in [5.41, 5.74) is 0.428. The van der Waals surface area contributed by atoms with Gasteiger partial charge in [-0.25, -0.2) is 4.68 Å². The minimum Gasteiger partial charge on any atom is -0.329 e. The number of aromatic nitrogens is 3. The molecule has 0 aliphatic heterocycles. The van der Waals surface area contributed by atoms with Crippen LogP contribution in [0.25, 0.3) is 0 Å². The lowest BCUT2D eigenvalue weighted by Gasteiger charge is -2.12. The van der Waals surface area contributed by atoms with E-state index in [1.165, 1.54) is 15.8 Å². The van der Waals surface area contributed by atoms with Gasteiger partial charge in [-0.1, -0.05) is 11.1 Å². The molecule has 0 spiro atoms. The van der Waals surface area contributed by atoms with E-state index < -0.39 is 0 Å². The third-order valence-corrected chi connectivity index (χ3v) is 1.61. The molecule has 0 unspecified atom stereocenters. The van der Waals surface area contributed by atoms with Crippen LogP contribution in [0.5, 0.6) is 0 Å². The van der Waals surface area contributed by atoms with Crippen molar-refractivity contribution in [2.24, 2.45) is 7.05 Å². The molecule has 0 bridgehead atoms. The Bertz CT molecular complexity index is 349. The molecule has 1 aromatic rings. The lowest BCUT2D eigenvalue weighted by Crippen LogP contribution is -2.28. The van der Waals surface area contributed by atoms with Crippen molar-refractivity contribution in [1.82, 2.24) is 19.9 Å². The number of amides is 1. The first-order chi connectivity index (χ1) is 6.16. The number of nitrogens with zero attached hydrogens (tertiary/aromatic N) is 4. The van der Waals surface area contributed by atoms with Gasteiger partial charge in [0.1, 0.15) is 5.69 Å². The van der Waals surface area contributed by atoms with Crippen molar-refractivity contribution in [2.45, 2.75) is 0 Å². The highest BCUT2D eigenvalue weighted by Crippen LogP contribution is 1.98. The Morgan fingerprint density at radius 1 is 1.85 bits per heavy atom. The Kier molecular flexibility index (Phi) is 2.65. The second-order valence-electron chi connectivity index (χ2n) is 2.61. The van der Waals surface area contributed by atoms with Crippen LogP contribution < -0.4 is 0 Å². The molecule has 0 fully saturated rings. The van der Waals surface area contributed by atoms with Crippen molar-refractivity contribution in [2.75, 3.05) is 13.6 Å². The molecule has 1 heterocycles. The average molecular weight is 178 g/mol. The quantitative estimate of drug-likeness (QED) is 0.575. The van der Waals surface area contributed by atoms with Gasteiger partial charge in [0.05, 0.1) is 12.7 Å². The molecule has 13 heavy (non-hydrogen) atoms. The second kappa shape index (κ2) is 3.72. The minimum atomic E-state index is -0.176. The SMILES string of the molecule is C#CCN(C)C(=O)c1cnnn1C. The largest absolute Gasteiger partial charge is 0.329 e. The second-order valence-corrected chi connectivity index (χ2v) is 2.61. The molecular formula is C8H10N4O. The van der Waals surface area contributed by atoms with Gasteiger partial charge in [-0.15, -0.1) is 11.5 Å². The molecule has 0 aromatic carbocycles. The van der Waals surface area contributed by atoms with E-state index in [1.54, 1.807) is 14.1 Å². The Morgan fingerprint density at radius 3 is 3.00 bits per heavy atom. The van der Waals surface area contributed by atoms with Crippen molar-refractivity contribution in [3.63, 3.8) is 0 Å². The predicted octanol–water partition coefficient (Wildman–Crippen LogP) is -0.480. The van der Waals surface area contributed by atoms with E-state index in [0.717, 1.165) is 0 Å². The lowest BCUT2D eigenvalue weighted by atomic mass is 10.4. The smallest absolute Gasteiger partial charge is 0.274 e. The van der Waals surface area contributed by atoms with Crippen LogP contribution in [0.3, 0.4) is 0 Å². The summed E-state index contributed by atoms with van der Waals surface area (Å²) < 4.78 is 1.41. The third kappa shape index (κ3) is 1.85. The van der Waals surface area contributed by atoms with E-state index in [2.05, 4.69) is 16.2 Å². The number of carbonyl (C=O) groups excluding carboxylic acids is 1. The van der Waals surface area contributed by atoms with Crippen LogP contribution in [0.15, 0.2) is 6.20 Å². The Morgan fingerprint density at radius 2 is 2.54 bits per heavy atom. The maximum absolute atomic E-state index is 11.5. The van der Waals surface area contributed by atoms with E-state index in [9.17, 15) is 4.79 Å². The molecule has 68 valence electrons. The molecular weight excluding hydrogens is 168 g/mol. The summed E-state index contributed by atoms with van der Waals surface area (Å²) >= 11 is 0. The predicted molar refractivity (Wildman–Crippen MR) is 46.8 cm³/mol. The Balaban J connectivity index is 2.81. The number of carbonyl (C=O) groups is 1. The molecule has 0 N–H and O–H groups in total. The topological polar surface area (TPSA) is 51.0 Å². The maximum Gasteiger partial charge on any atom is 0.274 e. The van der Waals surface area contributed by atoms with Gasteiger partial charge in [-0.05, 0) is 0 Å². The van der Waals surface area contributed by atoms with Crippen molar-refractivity contribution >= 4 is 5.91 Å². The van der Waals surface area contributed by atoms with Crippen molar-refractivity contribution < 1.29 is 4.79 Å². The molecule has 5 heteroatoms. The molecule has 0 aliphatic carbocycles. The van der Waals surface area contributed by atoms with Crippen LogP contribution in [0.2, 0.25) is 0 Å². The van der Waals surface area contributed by atoms with E-state index in [4.69, 9.17) is 6.42 Å². The fraction of sp³-hybridized carbons (Fsp3) is 0.375. The van der Waals surface area contributed by atoms with Crippen LogP contribution in [0.4, 0.5) is 0 Å². The van der Waals surface area contributed by atoms with Crippen LogP contribution in [-0.2, 0) is 7.05 Å². The molecule has 1 aromatic heterocycles. The van der Waals surface area contributed by atoms with Gasteiger partial charge in [0.15, 0.2) is 0 Å². The summed E-state index contributed by atoms with van der Waals surface area (Å²) in [6, 6.07) is 0. The highest BCUT2D eigenvalue weighted by molar-refractivity contribution is 5.92. The first-order valence-electron chi connectivity index (χ1n) is 3.70. The highest BCUT2D eigenvalue weighted by Gasteiger charge is 2.14. The zero-order chi connectivity index (χ0) is 9.84. The fourth-order valence-corrected chi connectivity index (χ4v) is 0.888. The summed E-state index contributed by atoms with van der Waals surface area (Å²) in [4.78, 5) is 13.0. The van der Waals surface area contributed by atoms with Gasteiger partial charge >= 0.3 is 0 Å². The summed E-state index contributed by atoms with van der Waals surface area (Å²) in [6.45, 7) is 0.282. The summed E-state index contributed by atoms with van der Waals surface area (Å²) in [5.74, 6) is 2.21. The van der Waals surface area contributed by atoms with Crippen LogP contribution >= 0.6 is 0 Å². The summed E-state index contributed by atoms with van der Waals surface area (Å²) in [5, 5.41) is 7.25. The van der Waals surface area contributed by atoms with Crippen molar-refractivity contribution in [3.8, 4) is 12.3 Å². The molecule has 0 radical (unpaired) electrons. The normalized spacial score (nSPS) is 9.31. The number of terminal acetylenes is 1. The van der Waals surface area contributed by atoms with Crippen molar-refractivity contribution in [3.05, 3.63) is 11.9 Å². The van der Waals surface area contributed by atoms with Crippen LogP contribution in [0.1, 0.15) is 10.5 Å². The number of hydrogen-bond donors (Lipinski definition) is 0. The monoisotopic (exact) mass is 178 g/mol. The lowest BCUT2D eigenvalue weighted by molar-refractivity contribution is 0.0802. The zero-order valence-corrected chi connectivity index (χ0v) is 7.56. The van der Waals surface area contributed by atoms with Gasteiger partial charge in [0, 0.05) is 14.1 Å². The van der Waals surface area contributed by atoms with Gasteiger partial charge in [0.2, 0.25) is 0 Å². The molecule has 0 aliphatic rings. The molecule has 1 rings (SSSR count). The van der Waals surface area contributed by atoms with Gasteiger partial charge in [-0.3, -0.25) is 4.79 Å². The summed E-state index contributed by atoms with van der Waals surface area (Å²) in [7, 11) is 3.29. The van der Waals surface area contributed by atoms with Crippen LogP contribution in [0, 0.1) is 12.3 Å². The molecule has 0 saturated heterocycles. The summed E-state index contributed by atoms with van der Waals surface area (Å²) in [6.07, 6.45) is 6.49. The maximum atomic E-state index is 11.5. The van der Waals surface area contributed by atoms with Crippen LogP contribution in [-0.4, -0.2) is 39.4 Å². The van der Waals surface area contributed by atoms with E-state index in [0.29, 0.717) is 5.69 Å².